The van der Waals surface area contributed by atoms with Crippen LogP contribution in [0.1, 0.15) is 31.6 Å². The minimum absolute atomic E-state index is 0.121. The van der Waals surface area contributed by atoms with Crippen molar-refractivity contribution in [3.05, 3.63) is 17.3 Å². The second-order valence-electron chi connectivity index (χ2n) is 5.93. The maximum Gasteiger partial charge on any atom is 0.317 e. The van der Waals surface area contributed by atoms with Crippen molar-refractivity contribution in [2.45, 2.75) is 45.2 Å². The molecule has 0 saturated heterocycles. The lowest BCUT2D eigenvalue weighted by Gasteiger charge is -2.42. The van der Waals surface area contributed by atoms with Crippen molar-refractivity contribution in [2.75, 3.05) is 18.4 Å². The lowest BCUT2D eigenvalue weighted by Crippen LogP contribution is -2.51. The minimum atomic E-state index is -0.758. The Bertz CT molecular complexity index is 696. The zero-order valence-corrected chi connectivity index (χ0v) is 14.3. The average molecular weight is 334 g/mol. The molecular formula is C16H22N4O2S. The molecule has 0 aromatic carbocycles. The molecule has 1 saturated carbocycles. The number of hydrogen-bond donors (Lipinski definition) is 2. The summed E-state index contributed by atoms with van der Waals surface area (Å²) in [5.41, 5.74) is 0. The zero-order chi connectivity index (χ0) is 16.4. The van der Waals surface area contributed by atoms with Crippen LogP contribution in [0.25, 0.3) is 10.2 Å². The Morgan fingerprint density at radius 3 is 2.87 bits per heavy atom. The van der Waals surface area contributed by atoms with Gasteiger partial charge in [-0.25, -0.2) is 9.97 Å². The molecule has 1 fully saturated rings. The number of aliphatic carboxylic acids is 1. The number of carboxylic acids is 1. The molecule has 1 aliphatic rings. The maximum atomic E-state index is 10.9. The van der Waals surface area contributed by atoms with E-state index in [0.29, 0.717) is 12.1 Å². The van der Waals surface area contributed by atoms with Crippen LogP contribution in [0.5, 0.6) is 0 Å². The number of aromatic nitrogens is 2. The maximum absolute atomic E-state index is 10.9. The van der Waals surface area contributed by atoms with Crippen molar-refractivity contribution in [3.8, 4) is 0 Å². The fourth-order valence-corrected chi connectivity index (χ4v) is 4.00. The molecule has 2 N–H and O–H groups in total. The normalized spacial score (nSPS) is 20.7. The summed E-state index contributed by atoms with van der Waals surface area (Å²) in [6.07, 6.45) is 4.53. The molecule has 124 valence electrons. The van der Waals surface area contributed by atoms with Gasteiger partial charge in [-0.1, -0.05) is 13.8 Å². The van der Waals surface area contributed by atoms with Crippen molar-refractivity contribution in [1.82, 2.24) is 14.9 Å². The average Bonchev–Trinajstić information content (AvgIpc) is 2.92. The predicted octanol–water partition coefficient (Wildman–Crippen LogP) is 2.60. The molecule has 0 amide bonds. The number of aryl methyl sites for hydroxylation is 1. The van der Waals surface area contributed by atoms with E-state index >= 15 is 0 Å². The van der Waals surface area contributed by atoms with E-state index in [4.69, 9.17) is 5.11 Å². The number of fused-ring (bicyclic) bond motifs is 1. The second-order valence-corrected chi connectivity index (χ2v) is 7.05. The fourth-order valence-electron chi connectivity index (χ4n) is 3.06. The van der Waals surface area contributed by atoms with Gasteiger partial charge in [0.2, 0.25) is 0 Å². The first-order valence-corrected chi connectivity index (χ1v) is 8.88. The Morgan fingerprint density at radius 2 is 2.22 bits per heavy atom. The number of nitrogens with zero attached hydrogens (tertiary/aromatic N) is 3. The molecule has 23 heavy (non-hydrogen) atoms. The van der Waals surface area contributed by atoms with Crippen molar-refractivity contribution in [3.63, 3.8) is 0 Å². The monoisotopic (exact) mass is 334 g/mol. The second kappa shape index (κ2) is 6.80. The number of anilines is 1. The van der Waals surface area contributed by atoms with Gasteiger partial charge in [0.25, 0.3) is 0 Å². The molecule has 3 rings (SSSR count). The van der Waals surface area contributed by atoms with Crippen LogP contribution in [-0.2, 0) is 11.2 Å². The third-order valence-electron chi connectivity index (χ3n) is 4.44. The first-order chi connectivity index (χ1) is 11.1. The molecule has 0 unspecified atom stereocenters. The van der Waals surface area contributed by atoms with Crippen LogP contribution in [0.4, 0.5) is 5.82 Å². The van der Waals surface area contributed by atoms with Gasteiger partial charge in [0.1, 0.15) is 17.0 Å². The number of carboxylic acid groups (broad SMARTS) is 1. The molecule has 7 heteroatoms. The summed E-state index contributed by atoms with van der Waals surface area (Å²) in [5.74, 6) is 0.141. The summed E-state index contributed by atoms with van der Waals surface area (Å²) in [6.45, 7) is 5.04. The third kappa shape index (κ3) is 3.45. The van der Waals surface area contributed by atoms with Gasteiger partial charge in [-0.2, -0.15) is 0 Å². The van der Waals surface area contributed by atoms with Crippen LogP contribution in [0.3, 0.4) is 0 Å². The third-order valence-corrected chi connectivity index (χ3v) is 5.63. The van der Waals surface area contributed by atoms with E-state index in [-0.39, 0.29) is 6.54 Å². The van der Waals surface area contributed by atoms with Crippen LogP contribution >= 0.6 is 11.3 Å². The van der Waals surface area contributed by atoms with Gasteiger partial charge in [-0.3, -0.25) is 9.69 Å². The highest BCUT2D eigenvalue weighted by Gasteiger charge is 2.34. The van der Waals surface area contributed by atoms with E-state index in [1.54, 1.807) is 17.7 Å². The van der Waals surface area contributed by atoms with E-state index in [1.807, 2.05) is 11.8 Å². The summed E-state index contributed by atoms with van der Waals surface area (Å²) < 4.78 is 0. The van der Waals surface area contributed by atoms with Crippen molar-refractivity contribution >= 4 is 33.3 Å². The van der Waals surface area contributed by atoms with E-state index in [2.05, 4.69) is 28.3 Å². The fraction of sp³-hybridized carbons (Fsp3) is 0.562. The highest BCUT2D eigenvalue weighted by Crippen LogP contribution is 2.32. The van der Waals surface area contributed by atoms with Crippen molar-refractivity contribution < 1.29 is 9.90 Å². The number of likely N-dealkylation sites (N-methyl/N-ethyl adjacent to an activating group) is 1. The van der Waals surface area contributed by atoms with E-state index in [1.165, 1.54) is 4.88 Å². The predicted molar refractivity (Wildman–Crippen MR) is 92.1 cm³/mol. The molecule has 2 aromatic heterocycles. The highest BCUT2D eigenvalue weighted by atomic mass is 32.1. The van der Waals surface area contributed by atoms with Crippen LogP contribution < -0.4 is 5.32 Å². The van der Waals surface area contributed by atoms with Gasteiger partial charge in [-0.15, -0.1) is 11.3 Å². The largest absolute Gasteiger partial charge is 0.480 e. The summed E-state index contributed by atoms with van der Waals surface area (Å²) in [7, 11) is 0. The molecule has 2 aromatic rings. The molecular weight excluding hydrogens is 312 g/mol. The van der Waals surface area contributed by atoms with Gasteiger partial charge >= 0.3 is 5.97 Å². The Kier molecular flexibility index (Phi) is 4.77. The standard InChI is InChI=1S/C16H22N4O2S/c1-3-12-7-13-15(17-9-18-16(13)23-12)19-10-5-11(6-10)20(4-2)8-14(21)22/h7,9-11H,3-6,8H2,1-2H3,(H,21,22)(H,17,18,19). The first-order valence-electron chi connectivity index (χ1n) is 8.06. The SMILES string of the molecule is CCc1cc2c(NC3CC(N(CC)CC(=O)O)C3)ncnc2s1. The Morgan fingerprint density at radius 1 is 1.43 bits per heavy atom. The molecule has 0 spiro atoms. The molecule has 0 atom stereocenters. The van der Waals surface area contributed by atoms with E-state index in [9.17, 15) is 4.79 Å². The smallest absolute Gasteiger partial charge is 0.317 e. The van der Waals surface area contributed by atoms with E-state index < -0.39 is 5.97 Å². The van der Waals surface area contributed by atoms with E-state index in [0.717, 1.165) is 41.8 Å². The number of nitrogens with one attached hydrogen (secondary N) is 1. The quantitative estimate of drug-likeness (QED) is 0.810. The highest BCUT2D eigenvalue weighted by molar-refractivity contribution is 7.18. The van der Waals surface area contributed by atoms with Crippen LogP contribution in [0, 0.1) is 0 Å². The number of rotatable bonds is 7. The Balaban J connectivity index is 1.64. The van der Waals surface area contributed by atoms with Crippen LogP contribution in [-0.4, -0.2) is 51.1 Å². The van der Waals surface area contributed by atoms with Gasteiger partial charge in [0, 0.05) is 17.0 Å². The number of carbonyl (C=O) groups is 1. The topological polar surface area (TPSA) is 78.4 Å². The molecule has 2 heterocycles. The van der Waals surface area contributed by atoms with Gasteiger partial charge in [-0.05, 0) is 31.9 Å². The molecule has 0 aliphatic heterocycles. The van der Waals surface area contributed by atoms with Gasteiger partial charge in [0.15, 0.2) is 0 Å². The molecule has 1 aliphatic carbocycles. The summed E-state index contributed by atoms with van der Waals surface area (Å²) >= 11 is 1.72. The summed E-state index contributed by atoms with van der Waals surface area (Å²) in [6, 6.07) is 2.87. The molecule has 0 bridgehead atoms. The first kappa shape index (κ1) is 16.1. The summed E-state index contributed by atoms with van der Waals surface area (Å²) in [5, 5.41) is 13.6. The Labute approximate surface area is 139 Å². The van der Waals surface area contributed by atoms with Crippen LogP contribution in [0.15, 0.2) is 12.4 Å². The van der Waals surface area contributed by atoms with Gasteiger partial charge in [0.05, 0.1) is 11.9 Å². The molecule has 0 radical (unpaired) electrons. The minimum Gasteiger partial charge on any atom is -0.480 e. The zero-order valence-electron chi connectivity index (χ0n) is 13.5. The van der Waals surface area contributed by atoms with Crippen LogP contribution in [0.2, 0.25) is 0 Å². The Hall–Kier alpha value is -1.73. The lowest BCUT2D eigenvalue weighted by atomic mass is 9.85. The van der Waals surface area contributed by atoms with Gasteiger partial charge < -0.3 is 10.4 Å². The lowest BCUT2D eigenvalue weighted by molar-refractivity contribution is -0.139. The number of hydrogen-bond acceptors (Lipinski definition) is 6. The van der Waals surface area contributed by atoms with Crippen molar-refractivity contribution in [2.24, 2.45) is 0 Å². The summed E-state index contributed by atoms with van der Waals surface area (Å²) in [4.78, 5) is 24.0. The molecule has 6 nitrogen and oxygen atoms in total. The number of thiophene rings is 1. The van der Waals surface area contributed by atoms with Crippen molar-refractivity contribution in [1.29, 1.82) is 0 Å².